The van der Waals surface area contributed by atoms with Gasteiger partial charge in [0.1, 0.15) is 0 Å². The Bertz CT molecular complexity index is 327. The van der Waals surface area contributed by atoms with E-state index in [9.17, 15) is 4.79 Å². The van der Waals surface area contributed by atoms with Gasteiger partial charge in [-0.15, -0.1) is 0 Å². The van der Waals surface area contributed by atoms with E-state index in [1.54, 1.807) is 23.5 Å². The summed E-state index contributed by atoms with van der Waals surface area (Å²) in [4.78, 5) is 20.7. The minimum Gasteiger partial charge on any atom is -0.351 e. The molecule has 14 heavy (non-hydrogen) atoms. The lowest BCUT2D eigenvalue weighted by Gasteiger charge is -2.12. The summed E-state index contributed by atoms with van der Waals surface area (Å²) < 4.78 is 0. The van der Waals surface area contributed by atoms with Crippen LogP contribution in [-0.2, 0) is 0 Å². The van der Waals surface area contributed by atoms with Crippen molar-refractivity contribution >= 4 is 6.03 Å². The maximum Gasteiger partial charge on any atom is 0.314 e. The summed E-state index contributed by atoms with van der Waals surface area (Å²) in [6.07, 6.45) is 5.98. The van der Waals surface area contributed by atoms with Crippen LogP contribution in [0.2, 0.25) is 0 Å². The lowest BCUT2D eigenvalue weighted by molar-refractivity contribution is 0.218. The van der Waals surface area contributed by atoms with Gasteiger partial charge in [0.2, 0.25) is 0 Å². The highest BCUT2D eigenvalue weighted by molar-refractivity contribution is 5.72. The van der Waals surface area contributed by atoms with Crippen LogP contribution in [0.25, 0.3) is 0 Å². The molecule has 2 amide bonds. The fraction of sp³-hybridized carbons (Fsp3) is 0.444. The molecule has 2 heterocycles. The number of aromatic nitrogens is 2. The minimum atomic E-state index is -0.351. The van der Waals surface area contributed by atoms with Crippen molar-refractivity contribution in [1.82, 2.24) is 14.9 Å². The zero-order valence-electron chi connectivity index (χ0n) is 7.76. The van der Waals surface area contributed by atoms with Gasteiger partial charge >= 0.3 is 6.03 Å². The van der Waals surface area contributed by atoms with E-state index in [-0.39, 0.29) is 11.9 Å². The first-order valence-corrected chi connectivity index (χ1v) is 4.57. The van der Waals surface area contributed by atoms with Gasteiger partial charge in [-0.3, -0.25) is 9.97 Å². The number of carbonyl (C=O) groups excluding carboxylic acids is 1. The van der Waals surface area contributed by atoms with Gasteiger partial charge in [-0.05, 0) is 6.42 Å². The maximum atomic E-state index is 10.9. The van der Waals surface area contributed by atoms with Crippen molar-refractivity contribution in [3.05, 3.63) is 24.3 Å². The quantitative estimate of drug-likeness (QED) is 0.697. The molecule has 5 nitrogen and oxygen atoms in total. The van der Waals surface area contributed by atoms with Crippen LogP contribution >= 0.6 is 0 Å². The number of carbonyl (C=O) groups is 1. The number of likely N-dealkylation sites (tertiary alicyclic amines) is 1. The second-order valence-corrected chi connectivity index (χ2v) is 3.40. The fourth-order valence-electron chi connectivity index (χ4n) is 1.72. The number of hydrogen-bond acceptors (Lipinski definition) is 3. The van der Waals surface area contributed by atoms with Crippen LogP contribution in [0.4, 0.5) is 4.79 Å². The third-order valence-corrected chi connectivity index (χ3v) is 2.50. The van der Waals surface area contributed by atoms with Gasteiger partial charge in [-0.25, -0.2) is 4.79 Å². The summed E-state index contributed by atoms with van der Waals surface area (Å²) in [5.41, 5.74) is 6.13. The molecule has 1 atom stereocenters. The Kier molecular flexibility index (Phi) is 2.30. The first-order valence-electron chi connectivity index (χ1n) is 4.57. The molecule has 0 spiro atoms. The number of hydrogen-bond donors (Lipinski definition) is 1. The Hall–Kier alpha value is -1.65. The van der Waals surface area contributed by atoms with Crippen LogP contribution < -0.4 is 5.73 Å². The second-order valence-electron chi connectivity index (χ2n) is 3.40. The SMILES string of the molecule is NC(=O)N1CCC(c2cnccn2)C1. The number of amides is 2. The van der Waals surface area contributed by atoms with E-state index in [0.717, 1.165) is 18.7 Å². The summed E-state index contributed by atoms with van der Waals surface area (Å²) in [6, 6.07) is -0.351. The smallest absolute Gasteiger partial charge is 0.314 e. The largest absolute Gasteiger partial charge is 0.351 e. The minimum absolute atomic E-state index is 0.288. The number of nitrogens with zero attached hydrogens (tertiary/aromatic N) is 3. The van der Waals surface area contributed by atoms with Gasteiger partial charge in [0.05, 0.1) is 5.69 Å². The highest BCUT2D eigenvalue weighted by atomic mass is 16.2. The van der Waals surface area contributed by atoms with Gasteiger partial charge < -0.3 is 10.6 Å². The monoisotopic (exact) mass is 192 g/mol. The molecule has 0 bridgehead atoms. The number of rotatable bonds is 1. The highest BCUT2D eigenvalue weighted by Gasteiger charge is 2.26. The van der Waals surface area contributed by atoms with Crippen LogP contribution in [-0.4, -0.2) is 34.0 Å². The molecular formula is C9H12N4O. The lowest BCUT2D eigenvalue weighted by atomic mass is 10.1. The van der Waals surface area contributed by atoms with Crippen LogP contribution in [0.15, 0.2) is 18.6 Å². The highest BCUT2D eigenvalue weighted by Crippen LogP contribution is 2.24. The molecule has 0 saturated carbocycles. The van der Waals surface area contributed by atoms with Gasteiger partial charge in [-0.1, -0.05) is 0 Å². The lowest BCUT2D eigenvalue weighted by Crippen LogP contribution is -2.33. The van der Waals surface area contributed by atoms with Crippen LogP contribution in [0.5, 0.6) is 0 Å². The molecule has 1 fully saturated rings. The molecule has 1 saturated heterocycles. The predicted octanol–water partition coefficient (Wildman–Crippen LogP) is 0.345. The molecule has 1 unspecified atom stereocenters. The van der Waals surface area contributed by atoms with Gasteiger partial charge in [0.25, 0.3) is 0 Å². The molecule has 74 valence electrons. The summed E-state index contributed by atoms with van der Waals surface area (Å²) in [5, 5.41) is 0. The Labute approximate surface area is 82.0 Å². The number of nitrogens with two attached hydrogens (primary N) is 1. The molecule has 0 aliphatic carbocycles. The Morgan fingerprint density at radius 2 is 2.43 bits per heavy atom. The molecule has 2 rings (SSSR count). The van der Waals surface area contributed by atoms with E-state index in [2.05, 4.69) is 9.97 Å². The summed E-state index contributed by atoms with van der Waals surface area (Å²) in [7, 11) is 0. The molecule has 1 aliphatic heterocycles. The first kappa shape index (κ1) is 8.93. The molecule has 1 aromatic heterocycles. The van der Waals surface area contributed by atoms with E-state index >= 15 is 0 Å². The molecular weight excluding hydrogens is 180 g/mol. The normalized spacial score (nSPS) is 21.1. The number of primary amides is 1. The summed E-state index contributed by atoms with van der Waals surface area (Å²) in [6.45, 7) is 1.38. The van der Waals surface area contributed by atoms with Crippen molar-refractivity contribution in [1.29, 1.82) is 0 Å². The Morgan fingerprint density at radius 3 is 3.00 bits per heavy atom. The molecule has 2 N–H and O–H groups in total. The topological polar surface area (TPSA) is 72.1 Å². The molecule has 0 radical (unpaired) electrons. The molecule has 1 aliphatic rings. The van der Waals surface area contributed by atoms with Crippen molar-refractivity contribution in [3.8, 4) is 0 Å². The zero-order chi connectivity index (χ0) is 9.97. The summed E-state index contributed by atoms with van der Waals surface area (Å²) >= 11 is 0. The van der Waals surface area contributed by atoms with E-state index in [0.29, 0.717) is 6.54 Å². The van der Waals surface area contributed by atoms with E-state index in [1.165, 1.54) is 0 Å². The van der Waals surface area contributed by atoms with Gasteiger partial charge in [0, 0.05) is 37.6 Å². The van der Waals surface area contributed by atoms with Crippen molar-refractivity contribution < 1.29 is 4.79 Å². The first-order chi connectivity index (χ1) is 6.77. The molecule has 5 heteroatoms. The standard InChI is InChI=1S/C9H12N4O/c10-9(14)13-4-1-7(6-13)8-5-11-2-3-12-8/h2-3,5,7H,1,4,6H2,(H2,10,14). The third-order valence-electron chi connectivity index (χ3n) is 2.50. The Balaban J connectivity index is 2.06. The van der Waals surface area contributed by atoms with Crippen molar-refractivity contribution in [3.63, 3.8) is 0 Å². The Morgan fingerprint density at radius 1 is 1.57 bits per heavy atom. The third kappa shape index (κ3) is 1.66. The molecule has 1 aromatic rings. The van der Waals surface area contributed by atoms with Crippen LogP contribution in [0.1, 0.15) is 18.0 Å². The van der Waals surface area contributed by atoms with Gasteiger partial charge in [-0.2, -0.15) is 0 Å². The van der Waals surface area contributed by atoms with Crippen molar-refractivity contribution in [2.45, 2.75) is 12.3 Å². The average molecular weight is 192 g/mol. The van der Waals surface area contributed by atoms with Crippen LogP contribution in [0, 0.1) is 0 Å². The fourth-order valence-corrected chi connectivity index (χ4v) is 1.72. The molecule has 0 aromatic carbocycles. The van der Waals surface area contributed by atoms with Crippen molar-refractivity contribution in [2.24, 2.45) is 5.73 Å². The predicted molar refractivity (Wildman–Crippen MR) is 50.5 cm³/mol. The second kappa shape index (κ2) is 3.61. The van der Waals surface area contributed by atoms with Crippen LogP contribution in [0.3, 0.4) is 0 Å². The van der Waals surface area contributed by atoms with E-state index in [1.807, 2.05) is 0 Å². The maximum absolute atomic E-state index is 10.9. The zero-order valence-corrected chi connectivity index (χ0v) is 7.76. The average Bonchev–Trinajstić information content (AvgIpc) is 2.68. The van der Waals surface area contributed by atoms with E-state index in [4.69, 9.17) is 5.73 Å². The van der Waals surface area contributed by atoms with Gasteiger partial charge in [0.15, 0.2) is 0 Å². The van der Waals surface area contributed by atoms with E-state index < -0.39 is 0 Å². The summed E-state index contributed by atoms with van der Waals surface area (Å²) in [5.74, 6) is 0.288. The van der Waals surface area contributed by atoms with Crippen molar-refractivity contribution in [2.75, 3.05) is 13.1 Å². The number of urea groups is 1.